The molecular formula is C10H10F5NO. The molecule has 1 rings (SSSR count). The summed E-state index contributed by atoms with van der Waals surface area (Å²) in [6.07, 6.45) is 0. The standard InChI is InChI=1S/C10H10F5NO/c11-7-2-9(13)8(12)1-6(7)3-16-4-10(14,15)5-17/h1-2,16-17H,3-5H2. The van der Waals surface area contributed by atoms with E-state index in [1.54, 1.807) is 0 Å². The van der Waals surface area contributed by atoms with Crippen LogP contribution in [0, 0.1) is 17.5 Å². The first kappa shape index (κ1) is 13.9. The van der Waals surface area contributed by atoms with Gasteiger partial charge in [0.2, 0.25) is 0 Å². The minimum absolute atomic E-state index is 0.266. The number of aliphatic hydroxyl groups is 1. The number of benzene rings is 1. The lowest BCUT2D eigenvalue weighted by molar-refractivity contribution is -0.0478. The highest BCUT2D eigenvalue weighted by molar-refractivity contribution is 5.19. The molecule has 96 valence electrons. The van der Waals surface area contributed by atoms with Crippen LogP contribution in [0.4, 0.5) is 22.0 Å². The van der Waals surface area contributed by atoms with Gasteiger partial charge in [-0.3, -0.25) is 0 Å². The molecule has 0 heterocycles. The molecule has 0 atom stereocenters. The molecule has 0 spiro atoms. The summed E-state index contributed by atoms with van der Waals surface area (Å²) in [5.74, 6) is -6.96. The quantitative estimate of drug-likeness (QED) is 0.621. The third-order valence-corrected chi connectivity index (χ3v) is 2.02. The van der Waals surface area contributed by atoms with Crippen LogP contribution in [0.15, 0.2) is 12.1 Å². The molecule has 0 aliphatic carbocycles. The van der Waals surface area contributed by atoms with Crippen LogP contribution in [0.5, 0.6) is 0 Å². The van der Waals surface area contributed by atoms with Crippen molar-refractivity contribution in [1.29, 1.82) is 0 Å². The number of hydrogen-bond acceptors (Lipinski definition) is 2. The minimum Gasteiger partial charge on any atom is -0.390 e. The highest BCUT2D eigenvalue weighted by Crippen LogP contribution is 2.14. The first-order valence-corrected chi connectivity index (χ1v) is 4.68. The van der Waals surface area contributed by atoms with Gasteiger partial charge < -0.3 is 10.4 Å². The van der Waals surface area contributed by atoms with Crippen LogP contribution >= 0.6 is 0 Å². The van der Waals surface area contributed by atoms with Gasteiger partial charge in [0, 0.05) is 18.2 Å². The van der Waals surface area contributed by atoms with E-state index in [-0.39, 0.29) is 5.56 Å². The molecule has 0 aliphatic heterocycles. The first-order valence-electron chi connectivity index (χ1n) is 4.68. The number of nitrogens with one attached hydrogen (secondary N) is 1. The van der Waals surface area contributed by atoms with Crippen LogP contribution in [-0.2, 0) is 6.54 Å². The monoisotopic (exact) mass is 255 g/mol. The van der Waals surface area contributed by atoms with Gasteiger partial charge >= 0.3 is 0 Å². The second-order valence-electron chi connectivity index (χ2n) is 3.48. The maximum absolute atomic E-state index is 13.0. The van der Waals surface area contributed by atoms with E-state index in [1.807, 2.05) is 0 Å². The predicted octanol–water partition coefficient (Wildman–Crippen LogP) is 1.82. The molecule has 0 bridgehead atoms. The number of halogens is 5. The summed E-state index contributed by atoms with van der Waals surface area (Å²) in [6.45, 7) is -2.62. The van der Waals surface area contributed by atoms with E-state index in [9.17, 15) is 22.0 Å². The van der Waals surface area contributed by atoms with E-state index < -0.39 is 43.1 Å². The average Bonchev–Trinajstić information content (AvgIpc) is 2.25. The Hall–Kier alpha value is -1.21. The molecule has 0 radical (unpaired) electrons. The molecule has 0 aliphatic rings. The lowest BCUT2D eigenvalue weighted by atomic mass is 10.2. The van der Waals surface area contributed by atoms with Crippen molar-refractivity contribution in [2.45, 2.75) is 12.5 Å². The fourth-order valence-corrected chi connectivity index (χ4v) is 1.14. The van der Waals surface area contributed by atoms with Gasteiger partial charge in [-0.25, -0.2) is 22.0 Å². The van der Waals surface area contributed by atoms with Crippen molar-refractivity contribution in [2.24, 2.45) is 0 Å². The van der Waals surface area contributed by atoms with Crippen molar-refractivity contribution in [3.8, 4) is 0 Å². The molecule has 0 fully saturated rings. The Labute approximate surface area is 94.1 Å². The maximum Gasteiger partial charge on any atom is 0.282 e. The summed E-state index contributed by atoms with van der Waals surface area (Å²) in [4.78, 5) is 0. The Balaban J connectivity index is 2.61. The molecule has 1 aromatic rings. The highest BCUT2D eigenvalue weighted by atomic mass is 19.3. The Bertz CT molecular complexity index is 397. The molecule has 17 heavy (non-hydrogen) atoms. The molecule has 0 amide bonds. The van der Waals surface area contributed by atoms with Gasteiger partial charge in [-0.15, -0.1) is 0 Å². The summed E-state index contributed by atoms with van der Waals surface area (Å²) in [5.41, 5.74) is -0.266. The maximum atomic E-state index is 13.0. The van der Waals surface area contributed by atoms with Crippen LogP contribution in [-0.4, -0.2) is 24.2 Å². The fraction of sp³-hybridized carbons (Fsp3) is 0.400. The number of aliphatic hydroxyl groups excluding tert-OH is 1. The predicted molar refractivity (Wildman–Crippen MR) is 50.1 cm³/mol. The summed E-state index contributed by atoms with van der Waals surface area (Å²) in [7, 11) is 0. The molecule has 2 N–H and O–H groups in total. The zero-order valence-corrected chi connectivity index (χ0v) is 8.61. The largest absolute Gasteiger partial charge is 0.390 e. The third-order valence-electron chi connectivity index (χ3n) is 2.02. The van der Waals surface area contributed by atoms with E-state index in [1.165, 1.54) is 0 Å². The summed E-state index contributed by atoms with van der Waals surface area (Å²) < 4.78 is 63.4. The first-order chi connectivity index (χ1) is 7.85. The van der Waals surface area contributed by atoms with Crippen molar-refractivity contribution >= 4 is 0 Å². The molecule has 0 aromatic heterocycles. The zero-order chi connectivity index (χ0) is 13.1. The third kappa shape index (κ3) is 3.94. The van der Waals surface area contributed by atoms with Gasteiger partial charge in [0.15, 0.2) is 11.6 Å². The summed E-state index contributed by atoms with van der Waals surface area (Å²) in [6, 6.07) is 0.936. The smallest absolute Gasteiger partial charge is 0.282 e. The average molecular weight is 255 g/mol. The Morgan fingerprint density at radius 3 is 2.24 bits per heavy atom. The molecule has 0 unspecified atom stereocenters. The lowest BCUT2D eigenvalue weighted by Crippen LogP contribution is -2.35. The van der Waals surface area contributed by atoms with E-state index in [2.05, 4.69) is 5.32 Å². The van der Waals surface area contributed by atoms with Gasteiger partial charge in [0.25, 0.3) is 5.92 Å². The van der Waals surface area contributed by atoms with Gasteiger partial charge in [-0.1, -0.05) is 0 Å². The molecule has 2 nitrogen and oxygen atoms in total. The molecular weight excluding hydrogens is 245 g/mol. The molecule has 0 saturated carbocycles. The van der Waals surface area contributed by atoms with E-state index in [4.69, 9.17) is 5.11 Å². The Kier molecular flexibility index (Phi) is 4.41. The van der Waals surface area contributed by atoms with Crippen molar-refractivity contribution in [3.05, 3.63) is 35.1 Å². The summed E-state index contributed by atoms with van der Waals surface area (Å²) >= 11 is 0. The number of alkyl halides is 2. The number of rotatable bonds is 5. The van der Waals surface area contributed by atoms with Crippen molar-refractivity contribution in [3.63, 3.8) is 0 Å². The normalized spacial score (nSPS) is 11.9. The van der Waals surface area contributed by atoms with Gasteiger partial charge in [0.1, 0.15) is 12.4 Å². The highest BCUT2D eigenvalue weighted by Gasteiger charge is 2.26. The zero-order valence-electron chi connectivity index (χ0n) is 8.61. The Morgan fingerprint density at radius 1 is 1.06 bits per heavy atom. The topological polar surface area (TPSA) is 32.3 Å². The van der Waals surface area contributed by atoms with Crippen LogP contribution in [0.25, 0.3) is 0 Å². The summed E-state index contributed by atoms with van der Waals surface area (Å²) in [5, 5.41) is 10.4. The number of hydrogen-bond donors (Lipinski definition) is 2. The fourth-order valence-electron chi connectivity index (χ4n) is 1.14. The molecule has 0 saturated heterocycles. The van der Waals surface area contributed by atoms with E-state index >= 15 is 0 Å². The molecule has 1 aromatic carbocycles. The Morgan fingerprint density at radius 2 is 1.65 bits per heavy atom. The van der Waals surface area contributed by atoms with E-state index in [0.717, 1.165) is 0 Å². The van der Waals surface area contributed by atoms with Crippen LogP contribution in [0.3, 0.4) is 0 Å². The van der Waals surface area contributed by atoms with Crippen LogP contribution in [0.1, 0.15) is 5.56 Å². The second kappa shape index (κ2) is 5.42. The SMILES string of the molecule is OCC(F)(F)CNCc1cc(F)c(F)cc1F. The second-order valence-corrected chi connectivity index (χ2v) is 3.48. The van der Waals surface area contributed by atoms with Crippen LogP contribution < -0.4 is 5.32 Å². The van der Waals surface area contributed by atoms with E-state index in [0.29, 0.717) is 12.1 Å². The van der Waals surface area contributed by atoms with Crippen molar-refractivity contribution < 1.29 is 27.1 Å². The van der Waals surface area contributed by atoms with Crippen molar-refractivity contribution in [2.75, 3.05) is 13.2 Å². The van der Waals surface area contributed by atoms with Gasteiger partial charge in [-0.05, 0) is 6.07 Å². The van der Waals surface area contributed by atoms with Gasteiger partial charge in [-0.2, -0.15) is 0 Å². The molecule has 7 heteroatoms. The van der Waals surface area contributed by atoms with Crippen LogP contribution in [0.2, 0.25) is 0 Å². The van der Waals surface area contributed by atoms with Crippen molar-refractivity contribution in [1.82, 2.24) is 5.32 Å². The lowest BCUT2D eigenvalue weighted by Gasteiger charge is -2.14. The van der Waals surface area contributed by atoms with Gasteiger partial charge in [0.05, 0.1) is 6.54 Å². The minimum atomic E-state index is -3.34.